The van der Waals surface area contributed by atoms with Gasteiger partial charge in [-0.15, -0.1) is 0 Å². The summed E-state index contributed by atoms with van der Waals surface area (Å²) >= 11 is 0. The number of carboxylic acid groups (broad SMARTS) is 1. The van der Waals surface area contributed by atoms with E-state index in [9.17, 15) is 9.90 Å². The monoisotopic (exact) mass is 215 g/mol. The molecule has 0 aliphatic heterocycles. The van der Waals surface area contributed by atoms with Crippen LogP contribution in [0.3, 0.4) is 0 Å². The van der Waals surface area contributed by atoms with Crippen LogP contribution in [0, 0.1) is 0 Å². The van der Waals surface area contributed by atoms with Gasteiger partial charge in [0.25, 0.3) is 0 Å². The zero-order valence-corrected chi connectivity index (χ0v) is 9.17. The highest BCUT2D eigenvalue weighted by Crippen LogP contribution is 2.26. The highest BCUT2D eigenvalue weighted by atomic mass is 16.4. The minimum atomic E-state index is -0.796. The van der Waals surface area contributed by atoms with Crippen molar-refractivity contribution in [3.63, 3.8) is 0 Å². The van der Waals surface area contributed by atoms with Crippen molar-refractivity contribution in [1.82, 2.24) is 5.32 Å². The fourth-order valence-electron chi connectivity index (χ4n) is 2.08. The summed E-state index contributed by atoms with van der Waals surface area (Å²) in [5, 5.41) is 21.7. The Bertz CT molecular complexity index is 198. The Hall–Kier alpha value is -0.610. The van der Waals surface area contributed by atoms with E-state index in [0.717, 1.165) is 25.7 Å². The maximum Gasteiger partial charge on any atom is 0.304 e. The number of hydrogen-bond donors (Lipinski definition) is 3. The minimum absolute atomic E-state index is 0.121. The van der Waals surface area contributed by atoms with Crippen molar-refractivity contribution in [1.29, 1.82) is 0 Å². The van der Waals surface area contributed by atoms with Gasteiger partial charge >= 0.3 is 5.97 Å². The summed E-state index contributed by atoms with van der Waals surface area (Å²) in [5.41, 5.74) is -0.602. The van der Waals surface area contributed by atoms with Crippen LogP contribution >= 0.6 is 0 Å². The smallest absolute Gasteiger partial charge is 0.304 e. The molecule has 0 amide bonds. The predicted molar refractivity (Wildman–Crippen MR) is 57.8 cm³/mol. The number of aliphatic hydroxyl groups is 1. The topological polar surface area (TPSA) is 69.6 Å². The lowest BCUT2D eigenvalue weighted by Crippen LogP contribution is -2.40. The number of aliphatic carboxylic acids is 1. The molecule has 4 heteroatoms. The summed E-state index contributed by atoms with van der Waals surface area (Å²) in [6, 6.07) is 0. The van der Waals surface area contributed by atoms with E-state index in [2.05, 4.69) is 5.32 Å². The molecule has 0 bridgehead atoms. The molecular formula is C11H21NO3. The molecule has 0 heterocycles. The Morgan fingerprint density at radius 3 is 2.33 bits per heavy atom. The molecule has 1 rings (SSSR count). The predicted octanol–water partition coefficient (Wildman–Crippen LogP) is 1.14. The molecule has 1 fully saturated rings. The molecule has 0 aromatic heterocycles. The van der Waals surface area contributed by atoms with E-state index in [1.54, 1.807) is 0 Å². The summed E-state index contributed by atoms with van der Waals surface area (Å²) in [7, 11) is 0. The van der Waals surface area contributed by atoms with E-state index in [0.29, 0.717) is 13.1 Å². The third-order valence-corrected chi connectivity index (χ3v) is 3.00. The lowest BCUT2D eigenvalue weighted by atomic mass is 9.94. The number of carboxylic acids is 1. The van der Waals surface area contributed by atoms with Gasteiger partial charge in [-0.05, 0) is 12.8 Å². The summed E-state index contributed by atoms with van der Waals surface area (Å²) in [6.45, 7) is 0.970. The van der Waals surface area contributed by atoms with Crippen LogP contribution in [-0.4, -0.2) is 34.9 Å². The molecule has 1 aliphatic carbocycles. The maximum absolute atomic E-state index is 10.3. The highest BCUT2D eigenvalue weighted by Gasteiger charge is 2.27. The minimum Gasteiger partial charge on any atom is -0.481 e. The van der Waals surface area contributed by atoms with Crippen LogP contribution < -0.4 is 5.32 Å². The first kappa shape index (κ1) is 12.5. The lowest BCUT2D eigenvalue weighted by molar-refractivity contribution is -0.136. The van der Waals surface area contributed by atoms with Crippen LogP contribution in [-0.2, 0) is 4.79 Å². The fourth-order valence-corrected chi connectivity index (χ4v) is 2.08. The normalized spacial score (nSPS) is 20.9. The van der Waals surface area contributed by atoms with Crippen LogP contribution in [0.1, 0.15) is 44.9 Å². The number of rotatable bonds is 5. The maximum atomic E-state index is 10.3. The molecule has 0 atom stereocenters. The molecule has 1 saturated carbocycles. The average Bonchev–Trinajstić information content (AvgIpc) is 2.38. The second-order valence-electron chi connectivity index (χ2n) is 4.46. The standard InChI is InChI=1S/C11H21NO3/c13-10(14)5-8-12-9-11(15)6-3-1-2-4-7-11/h12,15H,1-9H2,(H,13,14). The third kappa shape index (κ3) is 5.14. The lowest BCUT2D eigenvalue weighted by Gasteiger charge is -2.26. The van der Waals surface area contributed by atoms with Gasteiger partial charge in [-0.1, -0.05) is 25.7 Å². The van der Waals surface area contributed by atoms with Gasteiger partial charge < -0.3 is 15.5 Å². The average molecular weight is 215 g/mol. The molecule has 0 aromatic rings. The summed E-state index contributed by atoms with van der Waals surface area (Å²) in [4.78, 5) is 10.3. The second-order valence-corrected chi connectivity index (χ2v) is 4.46. The fraction of sp³-hybridized carbons (Fsp3) is 0.909. The van der Waals surface area contributed by atoms with E-state index >= 15 is 0 Å². The van der Waals surface area contributed by atoms with Crippen molar-refractivity contribution in [2.24, 2.45) is 0 Å². The molecule has 3 N–H and O–H groups in total. The second kappa shape index (κ2) is 6.08. The van der Waals surface area contributed by atoms with Gasteiger partial charge in [0.2, 0.25) is 0 Å². The van der Waals surface area contributed by atoms with Crippen LogP contribution in [0.15, 0.2) is 0 Å². The Morgan fingerprint density at radius 2 is 1.80 bits per heavy atom. The number of carbonyl (C=O) groups is 1. The Morgan fingerprint density at radius 1 is 1.20 bits per heavy atom. The van der Waals surface area contributed by atoms with E-state index in [1.165, 1.54) is 12.8 Å². The Labute approximate surface area is 90.7 Å². The number of nitrogens with one attached hydrogen (secondary N) is 1. The molecule has 0 spiro atoms. The van der Waals surface area contributed by atoms with Gasteiger partial charge in [-0.25, -0.2) is 0 Å². The van der Waals surface area contributed by atoms with Gasteiger partial charge in [0, 0.05) is 13.1 Å². The van der Waals surface area contributed by atoms with Crippen LogP contribution in [0.4, 0.5) is 0 Å². The molecule has 88 valence electrons. The molecule has 0 aromatic carbocycles. The Balaban J connectivity index is 2.19. The quantitative estimate of drug-likeness (QED) is 0.475. The van der Waals surface area contributed by atoms with Gasteiger partial charge in [-0.2, -0.15) is 0 Å². The Kier molecular flexibility index (Phi) is 5.05. The van der Waals surface area contributed by atoms with Crippen molar-refractivity contribution in [2.75, 3.05) is 13.1 Å². The molecule has 4 nitrogen and oxygen atoms in total. The summed E-state index contributed by atoms with van der Waals surface area (Å²) in [5.74, 6) is -0.796. The highest BCUT2D eigenvalue weighted by molar-refractivity contribution is 5.66. The van der Waals surface area contributed by atoms with Crippen molar-refractivity contribution in [3.8, 4) is 0 Å². The first-order valence-corrected chi connectivity index (χ1v) is 5.77. The number of hydrogen-bond acceptors (Lipinski definition) is 3. The first-order chi connectivity index (χ1) is 7.12. The molecule has 1 aliphatic rings. The van der Waals surface area contributed by atoms with E-state index in [-0.39, 0.29) is 6.42 Å². The summed E-state index contributed by atoms with van der Waals surface area (Å²) < 4.78 is 0. The molecular weight excluding hydrogens is 194 g/mol. The third-order valence-electron chi connectivity index (χ3n) is 3.00. The zero-order chi connectivity index (χ0) is 11.1. The van der Waals surface area contributed by atoms with Crippen LogP contribution in [0.25, 0.3) is 0 Å². The largest absolute Gasteiger partial charge is 0.481 e. The molecule has 15 heavy (non-hydrogen) atoms. The molecule has 0 radical (unpaired) electrons. The van der Waals surface area contributed by atoms with Gasteiger partial charge in [0.15, 0.2) is 0 Å². The van der Waals surface area contributed by atoms with Crippen molar-refractivity contribution in [2.45, 2.75) is 50.5 Å². The van der Waals surface area contributed by atoms with E-state index < -0.39 is 11.6 Å². The van der Waals surface area contributed by atoms with E-state index in [4.69, 9.17) is 5.11 Å². The van der Waals surface area contributed by atoms with Gasteiger partial charge in [-0.3, -0.25) is 4.79 Å². The van der Waals surface area contributed by atoms with E-state index in [1.807, 2.05) is 0 Å². The van der Waals surface area contributed by atoms with Gasteiger partial charge in [0.05, 0.1) is 12.0 Å². The van der Waals surface area contributed by atoms with Crippen molar-refractivity contribution in [3.05, 3.63) is 0 Å². The zero-order valence-electron chi connectivity index (χ0n) is 9.17. The van der Waals surface area contributed by atoms with Crippen LogP contribution in [0.5, 0.6) is 0 Å². The van der Waals surface area contributed by atoms with Crippen LogP contribution in [0.2, 0.25) is 0 Å². The SMILES string of the molecule is O=C(O)CCNCC1(O)CCCCCC1. The van der Waals surface area contributed by atoms with Crippen molar-refractivity contribution < 1.29 is 15.0 Å². The van der Waals surface area contributed by atoms with Gasteiger partial charge in [0.1, 0.15) is 0 Å². The first-order valence-electron chi connectivity index (χ1n) is 5.77. The molecule has 0 unspecified atom stereocenters. The summed E-state index contributed by atoms with van der Waals surface area (Å²) in [6.07, 6.45) is 6.37. The molecule has 0 saturated heterocycles. The van der Waals surface area contributed by atoms with Crippen molar-refractivity contribution >= 4 is 5.97 Å².